The first-order chi connectivity index (χ1) is 6.96. The van der Waals surface area contributed by atoms with Crippen LogP contribution in [0.4, 0.5) is 4.79 Å². The minimum atomic E-state index is -0.421. The van der Waals surface area contributed by atoms with Crippen molar-refractivity contribution in [1.82, 2.24) is 9.88 Å². The number of nitrogens with one attached hydrogen (secondary N) is 1. The maximum atomic E-state index is 11.7. The summed E-state index contributed by atoms with van der Waals surface area (Å²) in [7, 11) is 0. The van der Waals surface area contributed by atoms with Crippen LogP contribution in [0.3, 0.4) is 0 Å². The van der Waals surface area contributed by atoms with Crippen LogP contribution in [0.1, 0.15) is 31.9 Å². The number of rotatable bonds is 0. The average Bonchev–Trinajstić information content (AvgIpc) is 2.56. The van der Waals surface area contributed by atoms with Crippen LogP contribution in [-0.2, 0) is 17.8 Å². The average molecular weight is 208 g/mol. The Kier molecular flexibility index (Phi) is 2.21. The number of H-pyrrole nitrogens is 1. The fourth-order valence-corrected chi connectivity index (χ4v) is 1.65. The van der Waals surface area contributed by atoms with Gasteiger partial charge < -0.3 is 9.72 Å². The molecule has 0 unspecified atom stereocenters. The molecule has 0 saturated heterocycles. The molecule has 2 rings (SSSR count). The molecule has 0 atom stereocenters. The predicted molar refractivity (Wildman–Crippen MR) is 56.3 cm³/mol. The molecule has 0 aromatic carbocycles. The minimum Gasteiger partial charge on any atom is -0.444 e. The molecular weight excluding hydrogens is 192 g/mol. The van der Waals surface area contributed by atoms with Crippen LogP contribution in [0.5, 0.6) is 0 Å². The molecule has 0 fully saturated rings. The van der Waals surface area contributed by atoms with E-state index >= 15 is 0 Å². The van der Waals surface area contributed by atoms with Gasteiger partial charge in [0.05, 0.1) is 13.1 Å². The van der Waals surface area contributed by atoms with E-state index in [1.165, 1.54) is 11.1 Å². The molecule has 4 nitrogen and oxygen atoms in total. The number of amides is 1. The molecule has 1 aromatic rings. The molecule has 0 radical (unpaired) electrons. The highest BCUT2D eigenvalue weighted by atomic mass is 16.6. The van der Waals surface area contributed by atoms with Crippen LogP contribution in [-0.4, -0.2) is 21.6 Å². The Morgan fingerprint density at radius 3 is 2.33 bits per heavy atom. The van der Waals surface area contributed by atoms with E-state index < -0.39 is 5.60 Å². The lowest BCUT2D eigenvalue weighted by atomic mass is 10.2. The lowest BCUT2D eigenvalue weighted by Gasteiger charge is -2.24. The molecule has 2 heterocycles. The van der Waals surface area contributed by atoms with Crippen LogP contribution >= 0.6 is 0 Å². The zero-order valence-electron chi connectivity index (χ0n) is 9.33. The highest BCUT2D eigenvalue weighted by Crippen LogP contribution is 2.23. The molecule has 0 aliphatic carbocycles. The maximum Gasteiger partial charge on any atom is 0.410 e. The minimum absolute atomic E-state index is 0.237. The Labute approximate surface area is 89.2 Å². The van der Waals surface area contributed by atoms with E-state index in [4.69, 9.17) is 4.74 Å². The van der Waals surface area contributed by atoms with E-state index in [-0.39, 0.29) is 6.09 Å². The predicted octanol–water partition coefficient (Wildman–Crippen LogP) is 2.27. The molecule has 0 saturated carbocycles. The number of nitrogens with zero attached hydrogens (tertiary/aromatic N) is 1. The summed E-state index contributed by atoms with van der Waals surface area (Å²) in [6.45, 7) is 6.92. The molecular formula is C11H16N2O2. The number of carbonyl (C=O) groups is 1. The van der Waals surface area contributed by atoms with Crippen molar-refractivity contribution >= 4 is 6.09 Å². The molecule has 1 N–H and O–H groups in total. The molecule has 0 spiro atoms. The quantitative estimate of drug-likeness (QED) is 0.710. The second-order valence-electron chi connectivity index (χ2n) is 4.84. The molecule has 82 valence electrons. The van der Waals surface area contributed by atoms with Gasteiger partial charge in [-0.15, -0.1) is 0 Å². The van der Waals surface area contributed by atoms with Gasteiger partial charge in [0.2, 0.25) is 0 Å². The third-order valence-corrected chi connectivity index (χ3v) is 2.30. The van der Waals surface area contributed by atoms with Crippen molar-refractivity contribution in [3.63, 3.8) is 0 Å². The number of hydrogen-bond acceptors (Lipinski definition) is 2. The first-order valence-corrected chi connectivity index (χ1v) is 5.08. The van der Waals surface area contributed by atoms with Gasteiger partial charge in [-0.1, -0.05) is 0 Å². The number of aromatic amines is 1. The van der Waals surface area contributed by atoms with Gasteiger partial charge in [-0.3, -0.25) is 4.90 Å². The van der Waals surface area contributed by atoms with E-state index in [0.29, 0.717) is 13.1 Å². The van der Waals surface area contributed by atoms with Gasteiger partial charge in [-0.25, -0.2) is 4.79 Å². The van der Waals surface area contributed by atoms with Gasteiger partial charge in [-0.05, 0) is 31.9 Å². The second-order valence-corrected chi connectivity index (χ2v) is 4.84. The molecule has 0 bridgehead atoms. The monoisotopic (exact) mass is 208 g/mol. The third-order valence-electron chi connectivity index (χ3n) is 2.30. The lowest BCUT2D eigenvalue weighted by Crippen LogP contribution is -2.33. The summed E-state index contributed by atoms with van der Waals surface area (Å²) in [4.78, 5) is 16.5. The van der Waals surface area contributed by atoms with Crippen molar-refractivity contribution in [3.8, 4) is 0 Å². The van der Waals surface area contributed by atoms with Gasteiger partial charge in [0, 0.05) is 12.4 Å². The molecule has 1 aromatic heterocycles. The van der Waals surface area contributed by atoms with Gasteiger partial charge in [-0.2, -0.15) is 0 Å². The fraction of sp³-hybridized carbons (Fsp3) is 0.545. The van der Waals surface area contributed by atoms with Gasteiger partial charge >= 0.3 is 6.09 Å². The lowest BCUT2D eigenvalue weighted by molar-refractivity contribution is 0.0241. The Hall–Kier alpha value is -1.45. The van der Waals surface area contributed by atoms with Crippen molar-refractivity contribution in [1.29, 1.82) is 0 Å². The maximum absolute atomic E-state index is 11.7. The first-order valence-electron chi connectivity index (χ1n) is 5.08. The zero-order valence-corrected chi connectivity index (χ0v) is 9.33. The van der Waals surface area contributed by atoms with Crippen LogP contribution in [0.25, 0.3) is 0 Å². The van der Waals surface area contributed by atoms with E-state index in [2.05, 4.69) is 4.98 Å². The van der Waals surface area contributed by atoms with Crippen LogP contribution in [0.2, 0.25) is 0 Å². The molecule has 1 aliphatic rings. The number of aromatic nitrogens is 1. The second kappa shape index (κ2) is 3.29. The van der Waals surface area contributed by atoms with Crippen LogP contribution in [0.15, 0.2) is 12.4 Å². The van der Waals surface area contributed by atoms with Crippen molar-refractivity contribution in [2.45, 2.75) is 39.5 Å². The van der Waals surface area contributed by atoms with E-state index in [1.54, 1.807) is 4.90 Å². The van der Waals surface area contributed by atoms with E-state index in [1.807, 2.05) is 33.2 Å². The summed E-state index contributed by atoms with van der Waals surface area (Å²) in [6, 6.07) is 0. The van der Waals surface area contributed by atoms with Crippen molar-refractivity contribution in [2.75, 3.05) is 0 Å². The molecule has 4 heteroatoms. The summed E-state index contributed by atoms with van der Waals surface area (Å²) in [5, 5.41) is 0. The Balaban J connectivity index is 1.98. The fourth-order valence-electron chi connectivity index (χ4n) is 1.65. The van der Waals surface area contributed by atoms with E-state index in [9.17, 15) is 4.79 Å². The number of hydrogen-bond donors (Lipinski definition) is 1. The van der Waals surface area contributed by atoms with Crippen LogP contribution in [0, 0.1) is 0 Å². The number of ether oxygens (including phenoxy) is 1. The normalized spacial score (nSPS) is 15.3. The first kappa shape index (κ1) is 10.1. The summed E-state index contributed by atoms with van der Waals surface area (Å²) >= 11 is 0. The number of carbonyl (C=O) groups excluding carboxylic acids is 1. The van der Waals surface area contributed by atoms with E-state index in [0.717, 1.165) is 0 Å². The van der Waals surface area contributed by atoms with Crippen molar-refractivity contribution in [3.05, 3.63) is 23.5 Å². The zero-order chi connectivity index (χ0) is 11.1. The Morgan fingerprint density at radius 2 is 1.87 bits per heavy atom. The Bertz CT molecular complexity index is 356. The van der Waals surface area contributed by atoms with Gasteiger partial charge in [0.15, 0.2) is 0 Å². The topological polar surface area (TPSA) is 45.3 Å². The van der Waals surface area contributed by atoms with Gasteiger partial charge in [0.1, 0.15) is 5.60 Å². The molecule has 15 heavy (non-hydrogen) atoms. The van der Waals surface area contributed by atoms with Gasteiger partial charge in [0.25, 0.3) is 0 Å². The van der Waals surface area contributed by atoms with Crippen LogP contribution < -0.4 is 0 Å². The molecule has 1 aliphatic heterocycles. The summed E-state index contributed by atoms with van der Waals surface area (Å²) in [5.74, 6) is 0. The Morgan fingerprint density at radius 1 is 1.33 bits per heavy atom. The SMILES string of the molecule is CC(C)(C)OC(=O)N1Cc2c[nH]cc2C1. The van der Waals surface area contributed by atoms with Crippen molar-refractivity contribution in [2.24, 2.45) is 0 Å². The molecule has 1 amide bonds. The summed E-state index contributed by atoms with van der Waals surface area (Å²) in [5.41, 5.74) is 1.94. The highest BCUT2D eigenvalue weighted by molar-refractivity contribution is 5.69. The summed E-state index contributed by atoms with van der Waals surface area (Å²) < 4.78 is 5.30. The summed E-state index contributed by atoms with van der Waals surface area (Å²) in [6.07, 6.45) is 3.62. The number of fused-ring (bicyclic) bond motifs is 1. The largest absolute Gasteiger partial charge is 0.444 e. The smallest absolute Gasteiger partial charge is 0.410 e. The highest BCUT2D eigenvalue weighted by Gasteiger charge is 2.27. The van der Waals surface area contributed by atoms with Crippen molar-refractivity contribution < 1.29 is 9.53 Å². The standard InChI is InChI=1S/C11H16N2O2/c1-11(2,3)15-10(14)13-6-8-4-12-5-9(8)7-13/h4-5,12H,6-7H2,1-3H3. The third kappa shape index (κ3) is 2.14.